The number of anilines is 2. The molecule has 15 heteroatoms. The number of carbonyl (C=O) groups excluding carboxylic acids is 2. The molecular weight excluding hydrogens is 593 g/mol. The number of alkyl halides is 3. The highest BCUT2D eigenvalue weighted by molar-refractivity contribution is 7.93. The van der Waals surface area contributed by atoms with Crippen LogP contribution in [0.4, 0.5) is 24.5 Å². The van der Waals surface area contributed by atoms with E-state index in [1.54, 1.807) is 19.2 Å². The van der Waals surface area contributed by atoms with Gasteiger partial charge in [0.15, 0.2) is 14.6 Å². The predicted octanol–water partition coefficient (Wildman–Crippen LogP) is 2.96. The zero-order chi connectivity index (χ0) is 31.4. The Morgan fingerprint density at radius 3 is 2.26 bits per heavy atom. The number of rotatable bonds is 10. The average Bonchev–Trinajstić information content (AvgIpc) is 2.98. The van der Waals surface area contributed by atoms with Gasteiger partial charge in [0.1, 0.15) is 5.75 Å². The van der Waals surface area contributed by atoms with Crippen LogP contribution in [0.25, 0.3) is 0 Å². The smallest absolute Gasteiger partial charge is 0.406 e. The largest absolute Gasteiger partial charge is 0.573 e. The van der Waals surface area contributed by atoms with Crippen LogP contribution in [0.2, 0.25) is 0 Å². The summed E-state index contributed by atoms with van der Waals surface area (Å²) in [5.41, 5.74) is 6.24. The van der Waals surface area contributed by atoms with Crippen LogP contribution in [-0.2, 0) is 24.2 Å². The Balaban J connectivity index is 1.38. The zero-order valence-electron chi connectivity index (χ0n) is 23.6. The topological polar surface area (TPSA) is 143 Å². The molecule has 3 N–H and O–H groups in total. The lowest BCUT2D eigenvalue weighted by Crippen LogP contribution is -2.57. The Bertz CT molecular complexity index is 1390. The third-order valence-electron chi connectivity index (χ3n) is 8.10. The molecule has 236 valence electrons. The van der Waals surface area contributed by atoms with Crippen molar-refractivity contribution >= 4 is 33.0 Å². The maximum absolute atomic E-state index is 13.7. The van der Waals surface area contributed by atoms with Gasteiger partial charge in [0, 0.05) is 57.5 Å². The number of sulfone groups is 1. The van der Waals surface area contributed by atoms with E-state index >= 15 is 0 Å². The lowest BCUT2D eigenvalue weighted by Gasteiger charge is -2.39. The first-order chi connectivity index (χ1) is 20.3. The third-order valence-corrected chi connectivity index (χ3v) is 10.6. The first-order valence-electron chi connectivity index (χ1n) is 13.8. The first-order valence-corrected chi connectivity index (χ1v) is 15.3. The van der Waals surface area contributed by atoms with Crippen LogP contribution in [0.3, 0.4) is 0 Å². The van der Waals surface area contributed by atoms with E-state index in [-0.39, 0.29) is 23.4 Å². The number of carbonyl (C=O) groups is 2. The van der Waals surface area contributed by atoms with E-state index in [0.29, 0.717) is 62.9 Å². The number of nitrogens with zero attached hydrogens (tertiary/aromatic N) is 3. The van der Waals surface area contributed by atoms with Crippen molar-refractivity contribution in [2.45, 2.75) is 41.7 Å². The molecule has 0 aromatic heterocycles. The van der Waals surface area contributed by atoms with Crippen LogP contribution in [-0.4, -0.2) is 87.9 Å². The fraction of sp³-hybridized carbons (Fsp3) is 0.500. The molecule has 2 aromatic rings. The van der Waals surface area contributed by atoms with E-state index in [2.05, 4.69) is 4.74 Å². The number of hydroxylamine groups is 1. The Morgan fingerprint density at radius 1 is 1.07 bits per heavy atom. The van der Waals surface area contributed by atoms with Crippen molar-refractivity contribution in [3.05, 3.63) is 48.5 Å². The van der Waals surface area contributed by atoms with Crippen LogP contribution in [0.1, 0.15) is 25.7 Å². The predicted molar refractivity (Wildman–Crippen MR) is 150 cm³/mol. The molecule has 4 rings (SSSR count). The Kier molecular flexibility index (Phi) is 9.89. The number of ether oxygens (including phenoxy) is 2. The van der Waals surface area contributed by atoms with Gasteiger partial charge >= 0.3 is 6.36 Å². The summed E-state index contributed by atoms with van der Waals surface area (Å²) in [6.45, 7) is 2.75. The number of primary amides is 1. The third kappa shape index (κ3) is 7.22. The summed E-state index contributed by atoms with van der Waals surface area (Å²) >= 11 is 0. The number of nitrogens with two attached hydrogens (primary N) is 1. The fourth-order valence-corrected chi connectivity index (χ4v) is 7.50. The van der Waals surface area contributed by atoms with Crippen LogP contribution in [0.15, 0.2) is 53.4 Å². The molecule has 0 atom stereocenters. The Labute approximate surface area is 247 Å². The molecule has 2 amide bonds. The number of hydrogen-bond donors (Lipinski definition) is 2. The number of benzene rings is 2. The van der Waals surface area contributed by atoms with Gasteiger partial charge in [0.2, 0.25) is 5.91 Å². The van der Waals surface area contributed by atoms with Gasteiger partial charge in [-0.3, -0.25) is 14.8 Å². The molecule has 2 aliphatic heterocycles. The molecule has 0 saturated carbocycles. The summed E-state index contributed by atoms with van der Waals surface area (Å²) in [5.74, 6) is -2.67. The maximum Gasteiger partial charge on any atom is 0.573 e. The van der Waals surface area contributed by atoms with E-state index in [9.17, 15) is 36.4 Å². The van der Waals surface area contributed by atoms with Crippen LogP contribution >= 0.6 is 0 Å². The van der Waals surface area contributed by atoms with E-state index < -0.39 is 44.4 Å². The van der Waals surface area contributed by atoms with E-state index in [0.717, 1.165) is 12.1 Å². The molecular formula is C28H35F3N4O7S. The van der Waals surface area contributed by atoms with E-state index in [1.807, 2.05) is 9.80 Å². The SMILES string of the molecule is COCCN1CCC(C(N)=O)(S(=O)(=O)c2ccc(N3CCC(C(=O)N(O)c4cccc(OC(F)(F)F)c4)CC3)cc2)CC1. The van der Waals surface area contributed by atoms with Crippen molar-refractivity contribution in [3.63, 3.8) is 0 Å². The van der Waals surface area contributed by atoms with Gasteiger partial charge in [0.05, 0.1) is 17.2 Å². The Morgan fingerprint density at radius 2 is 1.70 bits per heavy atom. The summed E-state index contributed by atoms with van der Waals surface area (Å²) in [5, 5.41) is 10.7. The van der Waals surface area contributed by atoms with E-state index in [1.165, 1.54) is 24.3 Å². The number of hydrogen-bond acceptors (Lipinski definition) is 9. The maximum atomic E-state index is 13.7. The quantitative estimate of drug-likeness (QED) is 0.300. The van der Waals surface area contributed by atoms with Gasteiger partial charge in [-0.15, -0.1) is 13.2 Å². The van der Waals surface area contributed by atoms with Gasteiger partial charge in [-0.2, -0.15) is 5.06 Å². The van der Waals surface area contributed by atoms with Crippen LogP contribution in [0, 0.1) is 5.92 Å². The van der Waals surface area contributed by atoms with Crippen molar-refractivity contribution in [1.82, 2.24) is 4.90 Å². The highest BCUT2D eigenvalue weighted by Gasteiger charge is 2.51. The molecule has 0 unspecified atom stereocenters. The minimum Gasteiger partial charge on any atom is -0.406 e. The normalized spacial score (nSPS) is 18.3. The second-order valence-electron chi connectivity index (χ2n) is 10.6. The molecule has 2 heterocycles. The summed E-state index contributed by atoms with van der Waals surface area (Å²) in [6, 6.07) is 10.7. The molecule has 2 aromatic carbocycles. The van der Waals surface area contributed by atoms with E-state index in [4.69, 9.17) is 10.5 Å². The number of amides is 2. The monoisotopic (exact) mass is 628 g/mol. The standard InChI is InChI=1S/C28H35F3N4O7S/c1-41-18-17-33-15-11-27(12-16-33,26(32)37)43(39,40)24-7-5-21(6-8-24)34-13-9-20(10-14-34)25(36)35(38)22-3-2-4-23(19-22)42-28(29,30)31/h2-8,19-20,38H,9-18H2,1H3,(H2,32,37). The highest BCUT2D eigenvalue weighted by atomic mass is 32.2. The number of piperidine rings is 2. The number of methoxy groups -OCH3 is 1. The van der Waals surface area contributed by atoms with Crippen molar-refractivity contribution in [2.24, 2.45) is 11.7 Å². The van der Waals surface area contributed by atoms with Gasteiger partial charge < -0.3 is 25.0 Å². The number of halogens is 3. The second-order valence-corrected chi connectivity index (χ2v) is 12.9. The molecule has 0 aliphatic carbocycles. The minimum absolute atomic E-state index is 0.00175. The summed E-state index contributed by atoms with van der Waals surface area (Å²) < 4.78 is 72.2. The number of likely N-dealkylation sites (tertiary alicyclic amines) is 1. The van der Waals surface area contributed by atoms with Crippen molar-refractivity contribution < 1.29 is 45.9 Å². The van der Waals surface area contributed by atoms with Crippen molar-refractivity contribution in [3.8, 4) is 5.75 Å². The van der Waals surface area contributed by atoms with Gasteiger partial charge in [-0.1, -0.05) is 6.07 Å². The average molecular weight is 629 g/mol. The van der Waals surface area contributed by atoms with Gasteiger partial charge in [0.25, 0.3) is 5.91 Å². The van der Waals surface area contributed by atoms with Crippen molar-refractivity contribution in [1.29, 1.82) is 0 Å². The van der Waals surface area contributed by atoms with Crippen molar-refractivity contribution in [2.75, 3.05) is 56.4 Å². The van der Waals surface area contributed by atoms with Crippen LogP contribution in [0.5, 0.6) is 5.75 Å². The molecule has 0 radical (unpaired) electrons. The molecule has 0 bridgehead atoms. The molecule has 0 spiro atoms. The zero-order valence-corrected chi connectivity index (χ0v) is 24.4. The first kappa shape index (κ1) is 32.5. The summed E-state index contributed by atoms with van der Waals surface area (Å²) in [6.07, 6.45) is -4.06. The summed E-state index contributed by atoms with van der Waals surface area (Å²) in [7, 11) is -2.50. The second kappa shape index (κ2) is 13.1. The van der Waals surface area contributed by atoms with Crippen LogP contribution < -0.4 is 20.4 Å². The lowest BCUT2D eigenvalue weighted by molar-refractivity contribution is -0.274. The highest BCUT2D eigenvalue weighted by Crippen LogP contribution is 2.37. The summed E-state index contributed by atoms with van der Waals surface area (Å²) in [4.78, 5) is 29.4. The van der Waals surface area contributed by atoms with Gasteiger partial charge in [-0.25, -0.2) is 8.42 Å². The lowest BCUT2D eigenvalue weighted by atomic mass is 9.95. The minimum atomic E-state index is -4.91. The fourth-order valence-electron chi connectivity index (χ4n) is 5.56. The molecule has 2 aliphatic rings. The van der Waals surface area contributed by atoms with Gasteiger partial charge in [-0.05, 0) is 62.1 Å². The molecule has 2 fully saturated rings. The Hall–Kier alpha value is -3.40. The molecule has 43 heavy (non-hydrogen) atoms. The molecule has 11 nitrogen and oxygen atoms in total. The molecule has 2 saturated heterocycles.